The van der Waals surface area contributed by atoms with Crippen molar-refractivity contribution in [1.29, 1.82) is 0 Å². The smallest absolute Gasteiger partial charge is 0.462 e. The van der Waals surface area contributed by atoms with Crippen LogP contribution in [0.1, 0.15) is 244 Å². The first-order valence-electron chi connectivity index (χ1n) is 25.3. The number of hydrogen-bond acceptors (Lipinski definition) is 9. The van der Waals surface area contributed by atoms with E-state index in [4.69, 9.17) is 23.6 Å². The highest BCUT2D eigenvalue weighted by Crippen LogP contribution is 2.43. The first kappa shape index (κ1) is 59.5. The van der Waals surface area contributed by atoms with Gasteiger partial charge in [0.25, 0.3) is 0 Å². The molecule has 0 saturated carbocycles. The fourth-order valence-electron chi connectivity index (χ4n) is 7.33. The normalized spacial score (nSPS) is 13.6. The van der Waals surface area contributed by atoms with E-state index in [1.54, 1.807) is 0 Å². The van der Waals surface area contributed by atoms with Crippen molar-refractivity contribution in [2.45, 2.75) is 257 Å². The van der Waals surface area contributed by atoms with E-state index in [0.717, 1.165) is 38.5 Å². The van der Waals surface area contributed by atoms with Crippen LogP contribution in [0.25, 0.3) is 0 Å². The number of unbranched alkanes of at least 4 members (excludes halogenated alkanes) is 32. The first-order chi connectivity index (χ1) is 29.7. The lowest BCUT2D eigenvalue weighted by Crippen LogP contribution is -2.29. The molecule has 0 bridgehead atoms. The van der Waals surface area contributed by atoms with Crippen molar-refractivity contribution >= 4 is 19.8 Å². The maximum atomic E-state index is 12.7. The molecule has 360 valence electrons. The number of hydrogen-bond donors (Lipinski definition) is 3. The molecule has 0 aliphatic rings. The van der Waals surface area contributed by atoms with Crippen molar-refractivity contribution in [2.75, 3.05) is 26.4 Å². The molecule has 0 spiro atoms. The Morgan fingerprint density at radius 1 is 0.525 bits per heavy atom. The van der Waals surface area contributed by atoms with Crippen molar-refractivity contribution in [3.8, 4) is 0 Å². The minimum Gasteiger partial charge on any atom is -0.462 e. The van der Waals surface area contributed by atoms with Crippen LogP contribution in [0.3, 0.4) is 0 Å². The van der Waals surface area contributed by atoms with E-state index in [0.29, 0.717) is 12.8 Å². The van der Waals surface area contributed by atoms with Crippen LogP contribution in [-0.4, -0.2) is 65.7 Å². The van der Waals surface area contributed by atoms with Crippen LogP contribution in [0.15, 0.2) is 24.8 Å². The van der Waals surface area contributed by atoms with E-state index in [2.05, 4.69) is 25.7 Å². The highest BCUT2D eigenvalue weighted by molar-refractivity contribution is 7.47. The molecule has 10 nitrogen and oxygen atoms in total. The van der Waals surface area contributed by atoms with Gasteiger partial charge in [0.1, 0.15) is 12.7 Å². The Hall–Kier alpha value is -1.55. The lowest BCUT2D eigenvalue weighted by molar-refractivity contribution is -0.161. The molecule has 61 heavy (non-hydrogen) atoms. The number of carbonyl (C=O) groups excluding carboxylic acids is 2. The zero-order valence-corrected chi connectivity index (χ0v) is 40.1. The number of phosphoric acid groups is 1. The molecule has 0 fully saturated rings. The van der Waals surface area contributed by atoms with Crippen LogP contribution in [0.4, 0.5) is 0 Å². The second-order valence-corrected chi connectivity index (χ2v) is 18.7. The van der Waals surface area contributed by atoms with Crippen LogP contribution in [0, 0.1) is 0 Å². The van der Waals surface area contributed by atoms with Crippen molar-refractivity contribution < 1.29 is 47.8 Å². The highest BCUT2D eigenvalue weighted by Gasteiger charge is 2.27. The highest BCUT2D eigenvalue weighted by atomic mass is 31.2. The van der Waals surface area contributed by atoms with Gasteiger partial charge in [-0.25, -0.2) is 4.57 Å². The van der Waals surface area contributed by atoms with Gasteiger partial charge in [0.15, 0.2) is 6.10 Å². The van der Waals surface area contributed by atoms with Crippen LogP contribution in [0.5, 0.6) is 0 Å². The maximum Gasteiger partial charge on any atom is 0.472 e. The van der Waals surface area contributed by atoms with E-state index in [-0.39, 0.29) is 19.4 Å². The molecule has 0 rings (SSSR count). The third-order valence-corrected chi connectivity index (χ3v) is 12.2. The molecule has 3 N–H and O–H groups in total. The Labute approximate surface area is 374 Å². The summed E-state index contributed by atoms with van der Waals surface area (Å²) in [6.07, 6.45) is 47.7. The largest absolute Gasteiger partial charge is 0.472 e. The minimum absolute atomic E-state index is 0.139. The van der Waals surface area contributed by atoms with Gasteiger partial charge in [0, 0.05) is 12.8 Å². The Morgan fingerprint density at radius 3 is 1.34 bits per heavy atom. The molecule has 0 aliphatic carbocycles. The zero-order chi connectivity index (χ0) is 44.8. The SMILES string of the molecule is C=CCCCCCCCCCCCCCCCC(=O)OC[C@H](COP(=O)(O)OC[C@@H](O)CO)OC(=O)CCC/C=C/CCCCCCCCCCCCCCCCCCCC. The Balaban J connectivity index is 4.16. The third kappa shape index (κ3) is 46.3. The Bertz CT molecular complexity index is 1050. The van der Waals surface area contributed by atoms with Crippen molar-refractivity contribution in [3.63, 3.8) is 0 Å². The topological polar surface area (TPSA) is 149 Å². The average molecular weight is 887 g/mol. The molecule has 0 amide bonds. The number of allylic oxidation sites excluding steroid dienone is 3. The summed E-state index contributed by atoms with van der Waals surface area (Å²) >= 11 is 0. The van der Waals surface area contributed by atoms with Gasteiger partial charge in [-0.15, -0.1) is 6.58 Å². The number of rotatable bonds is 49. The predicted octanol–water partition coefficient (Wildman–Crippen LogP) is 14.1. The van der Waals surface area contributed by atoms with Crippen LogP contribution >= 0.6 is 7.82 Å². The minimum atomic E-state index is -4.63. The molecule has 0 radical (unpaired) electrons. The number of ether oxygens (including phenoxy) is 2. The molecule has 0 aliphatic heterocycles. The number of phosphoric ester groups is 1. The summed E-state index contributed by atoms with van der Waals surface area (Å²) < 4.78 is 32.8. The Morgan fingerprint density at radius 2 is 0.902 bits per heavy atom. The van der Waals surface area contributed by atoms with Crippen LogP contribution in [0.2, 0.25) is 0 Å². The fraction of sp³-hybridized carbons (Fsp3) is 0.880. The van der Waals surface area contributed by atoms with Crippen LogP contribution < -0.4 is 0 Å². The molecule has 3 atom stereocenters. The van der Waals surface area contributed by atoms with Gasteiger partial charge in [-0.3, -0.25) is 18.6 Å². The van der Waals surface area contributed by atoms with Gasteiger partial charge in [0.2, 0.25) is 0 Å². The van der Waals surface area contributed by atoms with E-state index >= 15 is 0 Å². The fourth-order valence-corrected chi connectivity index (χ4v) is 8.12. The number of carbonyl (C=O) groups is 2. The van der Waals surface area contributed by atoms with E-state index < -0.39 is 51.8 Å². The molecular formula is C50H95O10P. The van der Waals surface area contributed by atoms with Gasteiger partial charge in [-0.05, 0) is 44.9 Å². The summed E-state index contributed by atoms with van der Waals surface area (Å²) in [6, 6.07) is 0. The van der Waals surface area contributed by atoms with E-state index in [1.165, 1.54) is 173 Å². The standard InChI is InChI=1S/C50H95O10P/c1-3-5-7-9-11-13-15-17-19-20-21-22-23-24-25-26-28-30-32-34-36-38-40-42-50(54)60-48(46-59-61(55,56)58-44-47(52)43-51)45-57-49(53)41-39-37-35-33-31-29-27-18-16-14-12-10-8-6-4-2/h4,34,36,47-48,51-52H,2-3,5-33,35,37-46H2,1H3,(H,55,56)/b36-34+/t47-,48+/m0/s1. The molecule has 1 unspecified atom stereocenters. The lowest BCUT2D eigenvalue weighted by Gasteiger charge is -2.20. The number of aliphatic hydroxyl groups excluding tert-OH is 2. The quantitative estimate of drug-likeness (QED) is 0.0233. The molecule has 0 aromatic rings. The summed E-state index contributed by atoms with van der Waals surface area (Å²) in [5, 5.41) is 18.4. The van der Waals surface area contributed by atoms with Crippen LogP contribution in [-0.2, 0) is 32.7 Å². The predicted molar refractivity (Wildman–Crippen MR) is 252 cm³/mol. The van der Waals surface area contributed by atoms with Gasteiger partial charge in [-0.2, -0.15) is 0 Å². The monoisotopic (exact) mass is 887 g/mol. The molecule has 0 saturated heterocycles. The van der Waals surface area contributed by atoms with Gasteiger partial charge >= 0.3 is 19.8 Å². The lowest BCUT2D eigenvalue weighted by atomic mass is 10.0. The number of aliphatic hydroxyl groups is 2. The van der Waals surface area contributed by atoms with E-state index in [9.17, 15) is 24.2 Å². The summed E-state index contributed by atoms with van der Waals surface area (Å²) in [7, 11) is -4.63. The molecule has 11 heteroatoms. The van der Waals surface area contributed by atoms with Gasteiger partial charge in [-0.1, -0.05) is 205 Å². The molecule has 0 aromatic carbocycles. The summed E-state index contributed by atoms with van der Waals surface area (Å²) in [5.41, 5.74) is 0. The van der Waals surface area contributed by atoms with Gasteiger partial charge < -0.3 is 24.6 Å². The number of esters is 2. The molecular weight excluding hydrogens is 792 g/mol. The summed E-state index contributed by atoms with van der Waals surface area (Å²) in [6.45, 7) is 3.92. The van der Waals surface area contributed by atoms with Gasteiger partial charge in [0.05, 0.1) is 19.8 Å². The van der Waals surface area contributed by atoms with E-state index in [1.807, 2.05) is 6.08 Å². The average Bonchev–Trinajstić information content (AvgIpc) is 3.25. The summed E-state index contributed by atoms with van der Waals surface area (Å²) in [5.74, 6) is -0.954. The van der Waals surface area contributed by atoms with Crippen molar-refractivity contribution in [1.82, 2.24) is 0 Å². The zero-order valence-electron chi connectivity index (χ0n) is 39.2. The second kappa shape index (κ2) is 46.4. The molecule has 0 aromatic heterocycles. The van der Waals surface area contributed by atoms with Crippen molar-refractivity contribution in [2.24, 2.45) is 0 Å². The maximum absolute atomic E-state index is 12.7. The summed E-state index contributed by atoms with van der Waals surface area (Å²) in [4.78, 5) is 35.1. The molecule has 0 heterocycles. The Kier molecular flexibility index (Phi) is 45.3. The van der Waals surface area contributed by atoms with Crippen molar-refractivity contribution in [3.05, 3.63) is 24.8 Å². The first-order valence-corrected chi connectivity index (χ1v) is 26.7. The second-order valence-electron chi connectivity index (χ2n) is 17.3. The third-order valence-electron chi connectivity index (χ3n) is 11.2.